The highest BCUT2D eigenvalue weighted by atomic mass is 16.4. The van der Waals surface area contributed by atoms with Gasteiger partial charge in [0.2, 0.25) is 0 Å². The summed E-state index contributed by atoms with van der Waals surface area (Å²) in [6.45, 7) is 9.08. The Morgan fingerprint density at radius 2 is 2.00 bits per heavy atom. The smallest absolute Gasteiger partial charge is 0.144 e. The van der Waals surface area contributed by atoms with Gasteiger partial charge in [-0.2, -0.15) is 0 Å². The van der Waals surface area contributed by atoms with E-state index in [0.717, 1.165) is 45.3 Å². The quantitative estimate of drug-likeness (QED) is 0.297. The number of hydrogen-bond donors (Lipinski definition) is 3. The molecule has 1 saturated heterocycles. The molecule has 1 unspecified atom stereocenters. The van der Waals surface area contributed by atoms with Gasteiger partial charge < -0.3 is 20.9 Å². The SMILES string of the molecule is CC(O)C1CCN(CCCC(C)(C)C(N)=NO)CC1. The maximum absolute atomic E-state index is 9.57. The molecule has 4 N–H and O–H groups in total. The van der Waals surface area contributed by atoms with Crippen LogP contribution in [0.2, 0.25) is 0 Å². The van der Waals surface area contributed by atoms with Gasteiger partial charge in [-0.15, -0.1) is 0 Å². The minimum atomic E-state index is -0.243. The molecule has 1 rings (SSSR count). The van der Waals surface area contributed by atoms with Crippen molar-refractivity contribution in [3.8, 4) is 0 Å². The molecule has 0 amide bonds. The molecular formula is C14H29N3O2. The first-order valence-corrected chi connectivity index (χ1v) is 7.25. The summed E-state index contributed by atoms with van der Waals surface area (Å²) in [4.78, 5) is 2.45. The van der Waals surface area contributed by atoms with Crippen LogP contribution >= 0.6 is 0 Å². The molecule has 5 nitrogen and oxygen atoms in total. The first kappa shape index (κ1) is 16.2. The van der Waals surface area contributed by atoms with E-state index in [2.05, 4.69) is 10.1 Å². The third-order valence-electron chi connectivity index (χ3n) is 4.39. The van der Waals surface area contributed by atoms with Crippen molar-refractivity contribution in [1.82, 2.24) is 4.90 Å². The molecule has 0 radical (unpaired) electrons. The molecule has 0 aliphatic carbocycles. The van der Waals surface area contributed by atoms with Gasteiger partial charge in [0, 0.05) is 5.41 Å². The van der Waals surface area contributed by atoms with Crippen LogP contribution in [0.1, 0.15) is 46.5 Å². The molecule has 0 saturated carbocycles. The number of aliphatic hydroxyl groups is 1. The third kappa shape index (κ3) is 4.99. The number of aliphatic hydroxyl groups excluding tert-OH is 1. The van der Waals surface area contributed by atoms with Gasteiger partial charge >= 0.3 is 0 Å². The summed E-state index contributed by atoms with van der Waals surface area (Å²) in [6, 6.07) is 0. The summed E-state index contributed by atoms with van der Waals surface area (Å²) in [5, 5.41) is 21.4. The zero-order valence-corrected chi connectivity index (χ0v) is 12.5. The zero-order valence-electron chi connectivity index (χ0n) is 12.5. The Hall–Kier alpha value is -0.810. The van der Waals surface area contributed by atoms with E-state index in [1.165, 1.54) is 0 Å². The third-order valence-corrected chi connectivity index (χ3v) is 4.39. The van der Waals surface area contributed by atoms with Crippen molar-refractivity contribution >= 4 is 5.84 Å². The Balaban J connectivity index is 2.25. The Bertz CT molecular complexity index is 295. The van der Waals surface area contributed by atoms with E-state index in [4.69, 9.17) is 10.9 Å². The lowest BCUT2D eigenvalue weighted by Crippen LogP contribution is -2.38. The van der Waals surface area contributed by atoms with Crippen molar-refractivity contribution in [2.24, 2.45) is 22.2 Å². The van der Waals surface area contributed by atoms with Crippen LogP contribution < -0.4 is 5.73 Å². The first-order chi connectivity index (χ1) is 8.86. The summed E-state index contributed by atoms with van der Waals surface area (Å²) in [6.07, 6.45) is 3.95. The number of piperidine rings is 1. The van der Waals surface area contributed by atoms with Crippen LogP contribution in [0.3, 0.4) is 0 Å². The Morgan fingerprint density at radius 3 is 2.47 bits per heavy atom. The van der Waals surface area contributed by atoms with E-state index in [1.54, 1.807) is 0 Å². The van der Waals surface area contributed by atoms with Gasteiger partial charge in [0.05, 0.1) is 6.10 Å². The van der Waals surface area contributed by atoms with Crippen molar-refractivity contribution in [3.63, 3.8) is 0 Å². The average molecular weight is 271 g/mol. The molecule has 1 heterocycles. The number of likely N-dealkylation sites (tertiary alicyclic amines) is 1. The molecule has 5 heteroatoms. The van der Waals surface area contributed by atoms with E-state index in [9.17, 15) is 5.11 Å². The first-order valence-electron chi connectivity index (χ1n) is 7.25. The largest absolute Gasteiger partial charge is 0.409 e. The molecule has 1 fully saturated rings. The van der Waals surface area contributed by atoms with Crippen molar-refractivity contribution in [2.75, 3.05) is 19.6 Å². The molecule has 0 aromatic carbocycles. The molecule has 0 aromatic heterocycles. The molecule has 112 valence electrons. The second-order valence-electron chi connectivity index (χ2n) is 6.39. The molecule has 19 heavy (non-hydrogen) atoms. The molecule has 1 aliphatic heterocycles. The summed E-state index contributed by atoms with van der Waals surface area (Å²) in [5.41, 5.74) is 5.44. The van der Waals surface area contributed by atoms with Gasteiger partial charge in [0.15, 0.2) is 0 Å². The molecule has 0 aromatic rings. The van der Waals surface area contributed by atoms with E-state index in [-0.39, 0.29) is 11.5 Å². The minimum absolute atomic E-state index is 0.179. The van der Waals surface area contributed by atoms with Gasteiger partial charge in [0.1, 0.15) is 5.84 Å². The summed E-state index contributed by atoms with van der Waals surface area (Å²) < 4.78 is 0. The predicted octanol–water partition coefficient (Wildman–Crippen LogP) is 1.63. The van der Waals surface area contributed by atoms with Crippen LogP contribution in [0.5, 0.6) is 0 Å². The van der Waals surface area contributed by atoms with Gasteiger partial charge in [-0.3, -0.25) is 0 Å². The highest BCUT2D eigenvalue weighted by Crippen LogP contribution is 2.24. The van der Waals surface area contributed by atoms with Gasteiger partial charge in [0.25, 0.3) is 0 Å². The molecular weight excluding hydrogens is 242 g/mol. The van der Waals surface area contributed by atoms with Crippen LogP contribution in [0.15, 0.2) is 5.16 Å². The fourth-order valence-electron chi connectivity index (χ4n) is 2.67. The standard InChI is InChI=1S/C14H29N3O2/c1-11(18)12-5-9-17(10-6-12)8-4-7-14(2,3)13(15)16-19/h11-12,18-19H,4-10H2,1-3H3,(H2,15,16). The monoisotopic (exact) mass is 271 g/mol. The predicted molar refractivity (Wildman–Crippen MR) is 77.3 cm³/mol. The number of oxime groups is 1. The lowest BCUT2D eigenvalue weighted by atomic mass is 9.86. The Morgan fingerprint density at radius 1 is 1.42 bits per heavy atom. The summed E-state index contributed by atoms with van der Waals surface area (Å²) in [5.74, 6) is 0.769. The zero-order chi connectivity index (χ0) is 14.5. The average Bonchev–Trinajstić information content (AvgIpc) is 2.38. The van der Waals surface area contributed by atoms with Crippen molar-refractivity contribution in [3.05, 3.63) is 0 Å². The van der Waals surface area contributed by atoms with Gasteiger partial charge in [-0.05, 0) is 58.2 Å². The van der Waals surface area contributed by atoms with Crippen molar-refractivity contribution in [1.29, 1.82) is 0 Å². The van der Waals surface area contributed by atoms with Crippen LogP contribution in [-0.2, 0) is 0 Å². The van der Waals surface area contributed by atoms with Crippen LogP contribution in [0, 0.1) is 11.3 Å². The topological polar surface area (TPSA) is 82.1 Å². The maximum atomic E-state index is 9.57. The number of nitrogens with two attached hydrogens (primary N) is 1. The lowest BCUT2D eigenvalue weighted by molar-refractivity contribution is 0.0708. The van der Waals surface area contributed by atoms with Gasteiger partial charge in [-0.1, -0.05) is 19.0 Å². The van der Waals surface area contributed by atoms with Gasteiger partial charge in [-0.25, -0.2) is 0 Å². The second kappa shape index (κ2) is 7.10. The molecule has 1 atom stereocenters. The fourth-order valence-corrected chi connectivity index (χ4v) is 2.67. The second-order valence-corrected chi connectivity index (χ2v) is 6.39. The van der Waals surface area contributed by atoms with E-state index in [0.29, 0.717) is 11.8 Å². The Kier molecular flexibility index (Phi) is 6.07. The Labute approximate surface area is 116 Å². The van der Waals surface area contributed by atoms with E-state index in [1.807, 2.05) is 20.8 Å². The van der Waals surface area contributed by atoms with E-state index >= 15 is 0 Å². The number of hydrogen-bond acceptors (Lipinski definition) is 4. The van der Waals surface area contributed by atoms with Crippen molar-refractivity contribution in [2.45, 2.75) is 52.6 Å². The maximum Gasteiger partial charge on any atom is 0.144 e. The molecule has 1 aliphatic rings. The van der Waals surface area contributed by atoms with Crippen LogP contribution in [0.25, 0.3) is 0 Å². The molecule has 0 spiro atoms. The number of nitrogens with zero attached hydrogens (tertiary/aromatic N) is 2. The van der Waals surface area contributed by atoms with E-state index < -0.39 is 0 Å². The highest BCUT2D eigenvalue weighted by molar-refractivity contribution is 5.85. The number of amidine groups is 1. The fraction of sp³-hybridized carbons (Fsp3) is 0.929. The number of rotatable bonds is 6. The lowest BCUT2D eigenvalue weighted by Gasteiger charge is -2.34. The normalized spacial score (nSPS) is 21.6. The highest BCUT2D eigenvalue weighted by Gasteiger charge is 2.25. The summed E-state index contributed by atoms with van der Waals surface area (Å²) in [7, 11) is 0. The molecule has 0 bridgehead atoms. The minimum Gasteiger partial charge on any atom is -0.409 e. The van der Waals surface area contributed by atoms with Crippen LogP contribution in [0.4, 0.5) is 0 Å². The summed E-state index contributed by atoms with van der Waals surface area (Å²) >= 11 is 0. The van der Waals surface area contributed by atoms with Crippen molar-refractivity contribution < 1.29 is 10.3 Å². The van der Waals surface area contributed by atoms with Crippen LogP contribution in [-0.4, -0.2) is 46.8 Å².